The van der Waals surface area contributed by atoms with E-state index in [0.29, 0.717) is 0 Å². The van der Waals surface area contributed by atoms with Crippen LogP contribution in [-0.2, 0) is 0 Å². The second-order valence-electron chi connectivity index (χ2n) is 4.78. The molecule has 0 spiro atoms. The third-order valence-corrected chi connectivity index (χ3v) is 4.55. The smallest absolute Gasteiger partial charge is 0.0321 e. The van der Waals surface area contributed by atoms with E-state index in [1.54, 1.807) is 12.8 Å². The van der Waals surface area contributed by atoms with Crippen molar-refractivity contribution < 1.29 is 0 Å². The molecule has 3 rings (SSSR count). The second-order valence-corrected chi connectivity index (χ2v) is 4.78. The molecule has 0 aromatic carbocycles. The van der Waals surface area contributed by atoms with Crippen LogP contribution in [0.4, 0.5) is 0 Å². The lowest BCUT2D eigenvalue weighted by Gasteiger charge is -2.04. The average Bonchev–Trinajstić information content (AvgIpc) is 2.76. The molecule has 10 heavy (non-hydrogen) atoms. The van der Waals surface area contributed by atoms with Gasteiger partial charge in [0.25, 0.3) is 0 Å². The molecule has 3 aliphatic carbocycles. The highest BCUT2D eigenvalue weighted by atomic mass is 14.7. The summed E-state index contributed by atoms with van der Waals surface area (Å²) in [5.41, 5.74) is 0. The van der Waals surface area contributed by atoms with Crippen molar-refractivity contribution in [2.75, 3.05) is 0 Å². The van der Waals surface area contributed by atoms with E-state index in [-0.39, 0.29) is 0 Å². The molecule has 5 unspecified atom stereocenters. The summed E-state index contributed by atoms with van der Waals surface area (Å²) in [7, 11) is 0. The lowest BCUT2D eigenvalue weighted by atomic mass is 10.0. The molecule has 0 heteroatoms. The SMILES string of the molecule is CC1C2CCC3C(C)[C@@H]3C12. The maximum atomic E-state index is 2.46. The Kier molecular flexibility index (Phi) is 0.810. The first-order valence-corrected chi connectivity index (χ1v) is 4.80. The molecule has 0 bridgehead atoms. The topological polar surface area (TPSA) is 0 Å². The molecule has 3 aliphatic rings. The average molecular weight is 136 g/mol. The van der Waals surface area contributed by atoms with Gasteiger partial charge in [0.05, 0.1) is 0 Å². The highest BCUT2D eigenvalue weighted by Gasteiger charge is 2.65. The van der Waals surface area contributed by atoms with Gasteiger partial charge < -0.3 is 0 Å². The molecule has 0 aliphatic heterocycles. The normalized spacial score (nSPS) is 70.2. The van der Waals surface area contributed by atoms with Gasteiger partial charge >= 0.3 is 0 Å². The van der Waals surface area contributed by atoms with Crippen molar-refractivity contribution in [1.29, 1.82) is 0 Å². The van der Waals surface area contributed by atoms with E-state index >= 15 is 0 Å². The van der Waals surface area contributed by atoms with Crippen LogP contribution in [0.15, 0.2) is 0 Å². The summed E-state index contributed by atoms with van der Waals surface area (Å²) >= 11 is 0. The van der Waals surface area contributed by atoms with Crippen molar-refractivity contribution in [3.8, 4) is 0 Å². The molecule has 0 heterocycles. The highest BCUT2D eigenvalue weighted by Crippen LogP contribution is 2.70. The van der Waals surface area contributed by atoms with E-state index in [2.05, 4.69) is 13.8 Å². The molecular formula is C10H16. The van der Waals surface area contributed by atoms with Crippen LogP contribution in [0.2, 0.25) is 0 Å². The lowest BCUT2D eigenvalue weighted by Crippen LogP contribution is -1.96. The number of hydrogen-bond donors (Lipinski definition) is 0. The zero-order valence-corrected chi connectivity index (χ0v) is 6.88. The van der Waals surface area contributed by atoms with Gasteiger partial charge in [-0.05, 0) is 48.3 Å². The Morgan fingerprint density at radius 1 is 0.800 bits per heavy atom. The van der Waals surface area contributed by atoms with E-state index in [1.165, 1.54) is 23.7 Å². The maximum absolute atomic E-state index is 2.46. The fraction of sp³-hybridized carbons (Fsp3) is 1.00. The molecule has 0 nitrogen and oxygen atoms in total. The zero-order chi connectivity index (χ0) is 6.88. The van der Waals surface area contributed by atoms with Gasteiger partial charge in [-0.3, -0.25) is 0 Å². The molecule has 0 saturated heterocycles. The molecule has 3 fully saturated rings. The van der Waals surface area contributed by atoms with E-state index in [9.17, 15) is 0 Å². The predicted molar refractivity (Wildman–Crippen MR) is 41.5 cm³/mol. The number of fused-ring (bicyclic) bond motifs is 3. The third-order valence-electron chi connectivity index (χ3n) is 4.55. The van der Waals surface area contributed by atoms with Gasteiger partial charge in [0.1, 0.15) is 0 Å². The van der Waals surface area contributed by atoms with E-state index in [0.717, 1.165) is 11.8 Å². The lowest BCUT2D eigenvalue weighted by molar-refractivity contribution is 0.456. The molecule has 6 atom stereocenters. The van der Waals surface area contributed by atoms with Crippen LogP contribution in [0.25, 0.3) is 0 Å². The Morgan fingerprint density at radius 3 is 1.60 bits per heavy atom. The summed E-state index contributed by atoms with van der Waals surface area (Å²) in [5, 5.41) is 0. The number of rotatable bonds is 0. The minimum Gasteiger partial charge on any atom is -0.0619 e. The molecule has 0 radical (unpaired) electrons. The minimum absolute atomic E-state index is 1.11. The van der Waals surface area contributed by atoms with Crippen molar-refractivity contribution in [2.45, 2.75) is 26.7 Å². The summed E-state index contributed by atoms with van der Waals surface area (Å²) in [6, 6.07) is 0. The van der Waals surface area contributed by atoms with Crippen LogP contribution >= 0.6 is 0 Å². The van der Waals surface area contributed by atoms with Gasteiger partial charge in [-0.1, -0.05) is 13.8 Å². The number of hydrogen-bond acceptors (Lipinski definition) is 0. The van der Waals surface area contributed by atoms with Gasteiger partial charge in [-0.15, -0.1) is 0 Å². The largest absolute Gasteiger partial charge is 0.0619 e. The molecule has 0 amide bonds. The summed E-state index contributed by atoms with van der Waals surface area (Å²) in [5.74, 6) is 6.94. The van der Waals surface area contributed by atoms with Crippen LogP contribution in [0.3, 0.4) is 0 Å². The van der Waals surface area contributed by atoms with Crippen LogP contribution in [0, 0.1) is 35.5 Å². The van der Waals surface area contributed by atoms with Gasteiger partial charge in [0, 0.05) is 0 Å². The summed E-state index contributed by atoms with van der Waals surface area (Å²) in [6.07, 6.45) is 3.13. The monoisotopic (exact) mass is 136 g/mol. The van der Waals surface area contributed by atoms with E-state index in [1.807, 2.05) is 0 Å². The third kappa shape index (κ3) is 0.466. The quantitative estimate of drug-likeness (QED) is 0.480. The van der Waals surface area contributed by atoms with Crippen LogP contribution < -0.4 is 0 Å². The fourth-order valence-electron chi connectivity index (χ4n) is 3.73. The fourth-order valence-corrected chi connectivity index (χ4v) is 3.73. The summed E-state index contributed by atoms with van der Waals surface area (Å²) in [4.78, 5) is 0. The summed E-state index contributed by atoms with van der Waals surface area (Å²) in [6.45, 7) is 4.92. The molecule has 56 valence electrons. The Morgan fingerprint density at radius 2 is 1.20 bits per heavy atom. The Bertz CT molecular complexity index is 153. The van der Waals surface area contributed by atoms with Gasteiger partial charge in [0.2, 0.25) is 0 Å². The molecular weight excluding hydrogens is 120 g/mol. The van der Waals surface area contributed by atoms with Crippen molar-refractivity contribution >= 4 is 0 Å². The van der Waals surface area contributed by atoms with Crippen LogP contribution in [0.5, 0.6) is 0 Å². The van der Waals surface area contributed by atoms with Crippen molar-refractivity contribution in [3.63, 3.8) is 0 Å². The molecule has 3 saturated carbocycles. The van der Waals surface area contributed by atoms with Crippen LogP contribution in [0.1, 0.15) is 26.7 Å². The van der Waals surface area contributed by atoms with Crippen LogP contribution in [-0.4, -0.2) is 0 Å². The highest BCUT2D eigenvalue weighted by molar-refractivity contribution is 5.13. The molecule has 0 N–H and O–H groups in total. The Labute approximate surface area is 63.0 Å². The van der Waals surface area contributed by atoms with Crippen molar-refractivity contribution in [3.05, 3.63) is 0 Å². The Hall–Kier alpha value is 0. The van der Waals surface area contributed by atoms with Gasteiger partial charge in [0.15, 0.2) is 0 Å². The first-order valence-electron chi connectivity index (χ1n) is 4.80. The standard InChI is InChI=1S/C10H16/c1-5-7-3-4-8-6(2)10(8)9(5)7/h5-10H,3-4H2,1-2H3/t5?,6?,7?,8?,9-,10?/m0/s1. The predicted octanol–water partition coefficient (Wildman–Crippen LogP) is 2.54. The zero-order valence-electron chi connectivity index (χ0n) is 6.88. The van der Waals surface area contributed by atoms with E-state index in [4.69, 9.17) is 0 Å². The molecule has 0 aromatic rings. The maximum Gasteiger partial charge on any atom is -0.0321 e. The summed E-state index contributed by atoms with van der Waals surface area (Å²) < 4.78 is 0. The first kappa shape index (κ1) is 5.62. The van der Waals surface area contributed by atoms with Crippen molar-refractivity contribution in [1.82, 2.24) is 0 Å². The van der Waals surface area contributed by atoms with E-state index < -0.39 is 0 Å². The minimum atomic E-state index is 1.11. The second kappa shape index (κ2) is 1.44. The van der Waals surface area contributed by atoms with Gasteiger partial charge in [-0.2, -0.15) is 0 Å². The Balaban J connectivity index is 1.84. The first-order chi connectivity index (χ1) is 4.80. The molecule has 0 aromatic heterocycles. The van der Waals surface area contributed by atoms with Gasteiger partial charge in [-0.25, -0.2) is 0 Å². The van der Waals surface area contributed by atoms with Crippen molar-refractivity contribution in [2.24, 2.45) is 35.5 Å².